The average molecular weight is 401 g/mol. The van der Waals surface area contributed by atoms with Crippen molar-refractivity contribution in [3.05, 3.63) is 46.9 Å². The van der Waals surface area contributed by atoms with Crippen LogP contribution < -0.4 is 9.47 Å². The zero-order valence-electron chi connectivity index (χ0n) is 14.9. The molecular formula is C18H15N3O6S. The Kier molecular flexibility index (Phi) is 4.27. The Labute approximate surface area is 160 Å². The number of fused-ring (bicyclic) bond motifs is 2. The summed E-state index contributed by atoms with van der Waals surface area (Å²) in [6.07, 6.45) is 0.621. The smallest absolute Gasteiger partial charge is 0.437 e. The van der Waals surface area contributed by atoms with Gasteiger partial charge in [0.05, 0.1) is 24.0 Å². The molecule has 2 heterocycles. The van der Waals surface area contributed by atoms with E-state index in [0.717, 1.165) is 4.68 Å². The predicted molar refractivity (Wildman–Crippen MR) is 99.0 cm³/mol. The van der Waals surface area contributed by atoms with Gasteiger partial charge in [0.1, 0.15) is 17.6 Å². The van der Waals surface area contributed by atoms with Crippen molar-refractivity contribution in [1.82, 2.24) is 15.0 Å². The number of benzene rings is 2. The van der Waals surface area contributed by atoms with E-state index in [1.165, 1.54) is 26.4 Å². The van der Waals surface area contributed by atoms with E-state index in [1.54, 1.807) is 30.3 Å². The van der Waals surface area contributed by atoms with Crippen molar-refractivity contribution < 1.29 is 27.4 Å². The van der Waals surface area contributed by atoms with Gasteiger partial charge in [-0.2, -0.15) is 0 Å². The lowest BCUT2D eigenvalue weighted by atomic mass is 10.2. The molecule has 0 fully saturated rings. The summed E-state index contributed by atoms with van der Waals surface area (Å²) in [5.74, 6) is 0.700. The predicted octanol–water partition coefficient (Wildman–Crippen LogP) is 2.26. The second-order valence-electron chi connectivity index (χ2n) is 5.90. The molecule has 0 amide bonds. The number of aromatic nitrogens is 3. The van der Waals surface area contributed by atoms with E-state index >= 15 is 0 Å². The summed E-state index contributed by atoms with van der Waals surface area (Å²) >= 11 is 0. The number of nitrogens with zero attached hydrogens (tertiary/aromatic N) is 3. The van der Waals surface area contributed by atoms with Crippen LogP contribution in [0.4, 0.5) is 4.79 Å². The van der Waals surface area contributed by atoms with E-state index < -0.39 is 22.5 Å². The first-order valence-corrected chi connectivity index (χ1v) is 9.63. The number of carbonyl (C=O) groups is 1. The lowest BCUT2D eigenvalue weighted by Gasteiger charge is -2.10. The summed E-state index contributed by atoms with van der Waals surface area (Å²) in [6.45, 7) is -0.436. The minimum Gasteiger partial charge on any atom is -0.493 e. The zero-order chi connectivity index (χ0) is 19.9. The van der Waals surface area contributed by atoms with Crippen molar-refractivity contribution in [2.45, 2.75) is 4.90 Å². The van der Waals surface area contributed by atoms with Crippen LogP contribution in [0.1, 0.15) is 5.56 Å². The van der Waals surface area contributed by atoms with Crippen LogP contribution in [0.25, 0.3) is 17.1 Å². The van der Waals surface area contributed by atoms with Crippen LogP contribution in [0.15, 0.2) is 46.2 Å². The number of hydrogen-bond acceptors (Lipinski definition) is 8. The summed E-state index contributed by atoms with van der Waals surface area (Å²) < 4.78 is 42.1. The maximum absolute atomic E-state index is 12.8. The monoisotopic (exact) mass is 401 g/mol. The molecule has 0 bridgehead atoms. The second kappa shape index (κ2) is 6.64. The number of ether oxygens (including phenoxy) is 3. The molecule has 144 valence electrons. The van der Waals surface area contributed by atoms with Gasteiger partial charge in [0, 0.05) is 6.07 Å². The highest BCUT2D eigenvalue weighted by Gasteiger charge is 2.32. The van der Waals surface area contributed by atoms with Crippen LogP contribution >= 0.6 is 0 Å². The molecule has 0 atom stereocenters. The topological polar surface area (TPSA) is 110 Å². The van der Waals surface area contributed by atoms with Gasteiger partial charge < -0.3 is 14.2 Å². The number of rotatable bonds is 4. The van der Waals surface area contributed by atoms with Crippen molar-refractivity contribution in [1.29, 1.82) is 0 Å². The highest BCUT2D eigenvalue weighted by atomic mass is 32.2. The maximum atomic E-state index is 12.8. The lowest BCUT2D eigenvalue weighted by Crippen LogP contribution is -2.18. The fraction of sp³-hybridized carbons (Fsp3) is 0.167. The van der Waals surface area contributed by atoms with Crippen molar-refractivity contribution in [2.75, 3.05) is 20.8 Å². The summed E-state index contributed by atoms with van der Waals surface area (Å²) in [5, 5.41) is 7.62. The molecule has 28 heavy (non-hydrogen) atoms. The second-order valence-corrected chi connectivity index (χ2v) is 7.87. The highest BCUT2D eigenvalue weighted by Crippen LogP contribution is 2.40. The Morgan fingerprint density at radius 1 is 1.11 bits per heavy atom. The Hall–Kier alpha value is -3.40. The van der Waals surface area contributed by atoms with Crippen LogP contribution in [-0.2, 0) is 14.6 Å². The van der Waals surface area contributed by atoms with Crippen molar-refractivity contribution >= 4 is 33.0 Å². The van der Waals surface area contributed by atoms with Gasteiger partial charge in [0.2, 0.25) is 9.84 Å². The van der Waals surface area contributed by atoms with Crippen molar-refractivity contribution in [2.24, 2.45) is 0 Å². The van der Waals surface area contributed by atoms with E-state index in [-0.39, 0.29) is 9.80 Å². The number of para-hydroxylation sites is 1. The zero-order valence-corrected chi connectivity index (χ0v) is 15.8. The van der Waals surface area contributed by atoms with Gasteiger partial charge in [0.25, 0.3) is 0 Å². The third-order valence-electron chi connectivity index (χ3n) is 4.33. The maximum Gasteiger partial charge on any atom is 0.437 e. The Bertz CT molecular complexity index is 1230. The fourth-order valence-corrected chi connectivity index (χ4v) is 4.40. The summed E-state index contributed by atoms with van der Waals surface area (Å²) in [4.78, 5) is 12.4. The SMILES string of the molecule is COc1cc2c(cc1OC)S(=O)(=O)C(COC(=O)n1nnc3ccccc31)=C2. The van der Waals surface area contributed by atoms with Crippen LogP contribution in [0.5, 0.6) is 11.5 Å². The molecule has 0 radical (unpaired) electrons. The van der Waals surface area contributed by atoms with E-state index in [1.807, 2.05) is 0 Å². The van der Waals surface area contributed by atoms with Crippen molar-refractivity contribution in [3.63, 3.8) is 0 Å². The lowest BCUT2D eigenvalue weighted by molar-refractivity contribution is 0.156. The van der Waals surface area contributed by atoms with Crippen LogP contribution in [0.3, 0.4) is 0 Å². The van der Waals surface area contributed by atoms with Gasteiger partial charge >= 0.3 is 6.09 Å². The minimum absolute atomic E-state index is 0.0458. The number of carbonyl (C=O) groups excluding carboxylic acids is 1. The molecule has 10 heteroatoms. The van der Waals surface area contributed by atoms with Gasteiger partial charge in [-0.1, -0.05) is 17.3 Å². The summed E-state index contributed by atoms with van der Waals surface area (Å²) in [6, 6.07) is 9.81. The number of hydrogen-bond donors (Lipinski definition) is 0. The largest absolute Gasteiger partial charge is 0.493 e. The molecule has 0 spiro atoms. The molecule has 0 unspecified atom stereocenters. The Morgan fingerprint density at radius 2 is 1.82 bits per heavy atom. The first-order valence-electron chi connectivity index (χ1n) is 8.15. The third-order valence-corrected chi connectivity index (χ3v) is 6.19. The molecule has 0 N–H and O–H groups in total. The molecule has 0 saturated heterocycles. The standard InChI is InChI=1S/C18H15N3O6S/c1-25-15-8-11-7-12(28(23,24)17(11)9-16(15)26-2)10-27-18(22)21-14-6-4-3-5-13(14)19-20-21/h3-9H,10H2,1-2H3. The van der Waals surface area contributed by atoms with Gasteiger partial charge in [-0.25, -0.2) is 13.2 Å². The molecular weight excluding hydrogens is 386 g/mol. The van der Waals surface area contributed by atoms with Crippen molar-refractivity contribution in [3.8, 4) is 11.5 Å². The molecule has 4 rings (SSSR count). The number of methoxy groups -OCH3 is 2. The molecule has 1 aliphatic heterocycles. The molecule has 3 aromatic rings. The molecule has 1 aliphatic rings. The Morgan fingerprint density at radius 3 is 2.57 bits per heavy atom. The molecule has 1 aromatic heterocycles. The molecule has 2 aromatic carbocycles. The first-order chi connectivity index (χ1) is 13.5. The third kappa shape index (κ3) is 2.78. The van der Waals surface area contributed by atoms with Gasteiger partial charge in [-0.15, -0.1) is 9.78 Å². The molecule has 9 nitrogen and oxygen atoms in total. The van der Waals surface area contributed by atoms with E-state index in [2.05, 4.69) is 10.3 Å². The Balaban J connectivity index is 1.59. The highest BCUT2D eigenvalue weighted by molar-refractivity contribution is 7.95. The first kappa shape index (κ1) is 18.0. The van der Waals surface area contributed by atoms with Crippen LogP contribution in [0, 0.1) is 0 Å². The normalized spacial score (nSPS) is 14.4. The molecule has 0 aliphatic carbocycles. The minimum atomic E-state index is -3.81. The van der Waals surface area contributed by atoms with E-state index in [9.17, 15) is 13.2 Å². The van der Waals surface area contributed by atoms with E-state index in [0.29, 0.717) is 28.1 Å². The quantitative estimate of drug-likeness (QED) is 0.655. The molecule has 0 saturated carbocycles. The summed E-state index contributed by atoms with van der Waals surface area (Å²) in [5.41, 5.74) is 1.43. The number of sulfone groups is 1. The fourth-order valence-electron chi connectivity index (χ4n) is 2.93. The van der Waals surface area contributed by atoms with Gasteiger partial charge in [-0.3, -0.25) is 0 Å². The average Bonchev–Trinajstić information content (AvgIpc) is 3.23. The van der Waals surface area contributed by atoms with Crippen LogP contribution in [0.2, 0.25) is 0 Å². The van der Waals surface area contributed by atoms with E-state index in [4.69, 9.17) is 14.2 Å². The van der Waals surface area contributed by atoms with Crippen LogP contribution in [-0.4, -0.2) is 50.3 Å². The van der Waals surface area contributed by atoms with Gasteiger partial charge in [0.15, 0.2) is 11.5 Å². The van der Waals surface area contributed by atoms with Gasteiger partial charge in [-0.05, 0) is 29.8 Å². The summed E-state index contributed by atoms with van der Waals surface area (Å²) in [7, 11) is -0.926.